The number of carbonyl (C=O) groups excluding carboxylic acids is 2. The summed E-state index contributed by atoms with van der Waals surface area (Å²) in [6, 6.07) is 22.3. The maximum atomic E-state index is 13.4. The Morgan fingerprint density at radius 3 is 2.58 bits per heavy atom. The van der Waals surface area contributed by atoms with Crippen LogP contribution in [0, 0.1) is 11.8 Å². The van der Waals surface area contributed by atoms with Crippen molar-refractivity contribution in [2.75, 3.05) is 26.7 Å². The van der Waals surface area contributed by atoms with Crippen molar-refractivity contribution in [1.82, 2.24) is 5.32 Å². The number of amides is 1. The van der Waals surface area contributed by atoms with Crippen LogP contribution < -0.4 is 10.1 Å². The molecule has 3 aromatic rings. The number of likely N-dealkylation sites (tertiary alicyclic amines) is 1. The van der Waals surface area contributed by atoms with Crippen molar-refractivity contribution in [2.45, 2.75) is 57.9 Å². The maximum absolute atomic E-state index is 13.4. The lowest BCUT2D eigenvalue weighted by Gasteiger charge is -2.55. The van der Waals surface area contributed by atoms with Gasteiger partial charge in [-0.1, -0.05) is 56.3 Å². The zero-order valence-corrected chi connectivity index (χ0v) is 23.2. The average molecular weight is 514 g/mol. The van der Waals surface area contributed by atoms with Gasteiger partial charge < -0.3 is 14.5 Å². The predicted molar refractivity (Wildman–Crippen MR) is 152 cm³/mol. The molecule has 5 rings (SSSR count). The second kappa shape index (κ2) is 10.5. The third-order valence-electron chi connectivity index (χ3n) is 8.84. The molecule has 38 heavy (non-hydrogen) atoms. The first-order chi connectivity index (χ1) is 18.2. The smallest absolute Gasteiger partial charge is 0.308 e. The number of ether oxygens (including phenoxy) is 1. The van der Waals surface area contributed by atoms with E-state index in [1.165, 1.54) is 19.0 Å². The van der Waals surface area contributed by atoms with Crippen molar-refractivity contribution in [2.24, 2.45) is 11.8 Å². The van der Waals surface area contributed by atoms with Crippen molar-refractivity contribution < 1.29 is 18.8 Å². The van der Waals surface area contributed by atoms with Gasteiger partial charge in [-0.15, -0.1) is 0 Å². The Kier molecular flexibility index (Phi) is 7.32. The van der Waals surface area contributed by atoms with Crippen LogP contribution >= 0.6 is 0 Å². The molecular weight excluding hydrogens is 472 g/mol. The largest absolute Gasteiger partial charge is 0.427 e. The SMILES string of the molecule is CC(=O)Oc1cccc([C@]23CC[N@@+](C)(CC(C)C)CC2CC[C@@H](NC(=O)c2ccc4ccccc4c2)C3)c1. The highest BCUT2D eigenvalue weighted by Crippen LogP contribution is 2.51. The predicted octanol–water partition coefficient (Wildman–Crippen LogP) is 6.11. The lowest BCUT2D eigenvalue weighted by Crippen LogP contribution is -2.62. The van der Waals surface area contributed by atoms with Gasteiger partial charge in [-0.25, -0.2) is 0 Å². The minimum absolute atomic E-state index is 0.000691. The zero-order chi connectivity index (χ0) is 26.9. The summed E-state index contributed by atoms with van der Waals surface area (Å²) in [6.07, 6.45) is 4.03. The molecule has 4 atom stereocenters. The van der Waals surface area contributed by atoms with Crippen molar-refractivity contribution in [3.05, 3.63) is 77.9 Å². The number of rotatable bonds is 6. The molecule has 5 heteroatoms. The van der Waals surface area contributed by atoms with Gasteiger partial charge in [-0.2, -0.15) is 0 Å². The Hall–Kier alpha value is -3.18. The van der Waals surface area contributed by atoms with Crippen LogP contribution in [0.5, 0.6) is 5.75 Å². The van der Waals surface area contributed by atoms with Gasteiger partial charge in [-0.3, -0.25) is 9.59 Å². The van der Waals surface area contributed by atoms with Crippen LogP contribution in [0.1, 0.15) is 62.4 Å². The summed E-state index contributed by atoms with van der Waals surface area (Å²) in [6.45, 7) is 9.50. The number of esters is 1. The van der Waals surface area contributed by atoms with Crippen LogP contribution in [0.15, 0.2) is 66.7 Å². The van der Waals surface area contributed by atoms with E-state index in [9.17, 15) is 9.59 Å². The number of quaternary nitrogens is 1. The molecule has 1 saturated heterocycles. The first kappa shape index (κ1) is 26.4. The standard InChI is InChI=1S/C33H40N2O3/c1-23(2)21-35(4)17-16-33(28-10-7-11-31(19-28)38-24(3)36)20-30(15-14-29(33)22-35)34-32(37)27-13-12-25-8-5-6-9-26(25)18-27/h5-13,18-19,23,29-30H,14-17,20-22H2,1-4H3/p+1/t29?,30-,33-,35+/m1/s1. The Morgan fingerprint density at radius 2 is 1.82 bits per heavy atom. The summed E-state index contributed by atoms with van der Waals surface area (Å²) in [5, 5.41) is 5.62. The van der Waals surface area contributed by atoms with Gasteiger partial charge in [-0.05, 0) is 59.9 Å². The van der Waals surface area contributed by atoms with Gasteiger partial charge in [0.25, 0.3) is 5.91 Å². The van der Waals surface area contributed by atoms with E-state index in [0.717, 1.165) is 54.0 Å². The van der Waals surface area contributed by atoms with E-state index in [4.69, 9.17) is 4.74 Å². The number of nitrogens with zero attached hydrogens (tertiary/aromatic N) is 1. The topological polar surface area (TPSA) is 55.4 Å². The molecule has 2 fully saturated rings. The number of fused-ring (bicyclic) bond motifs is 2. The van der Waals surface area contributed by atoms with E-state index in [1.54, 1.807) is 0 Å². The fourth-order valence-electron chi connectivity index (χ4n) is 7.36. The number of carbonyl (C=O) groups is 2. The van der Waals surface area contributed by atoms with Crippen LogP contribution in [0.4, 0.5) is 0 Å². The van der Waals surface area contributed by atoms with Gasteiger partial charge in [0.15, 0.2) is 0 Å². The molecule has 0 bridgehead atoms. The number of nitrogens with one attached hydrogen (secondary N) is 1. The summed E-state index contributed by atoms with van der Waals surface area (Å²) in [4.78, 5) is 25.1. The molecule has 1 saturated carbocycles. The lowest BCUT2D eigenvalue weighted by molar-refractivity contribution is -0.922. The van der Waals surface area contributed by atoms with Crippen LogP contribution in [0.2, 0.25) is 0 Å². The Labute approximate surface area is 226 Å². The molecule has 5 nitrogen and oxygen atoms in total. The second-order valence-electron chi connectivity index (χ2n) is 12.3. The van der Waals surface area contributed by atoms with Crippen molar-refractivity contribution in [3.63, 3.8) is 0 Å². The van der Waals surface area contributed by atoms with Crippen molar-refractivity contribution in [3.8, 4) is 5.75 Å². The summed E-state index contributed by atoms with van der Waals surface area (Å²) in [5.41, 5.74) is 1.90. The number of piperidine rings is 1. The fraction of sp³-hybridized carbons (Fsp3) is 0.455. The third-order valence-corrected chi connectivity index (χ3v) is 8.84. The van der Waals surface area contributed by atoms with Crippen LogP contribution in [-0.4, -0.2) is 49.1 Å². The molecule has 1 N–H and O–H groups in total. The molecule has 1 amide bonds. The van der Waals surface area contributed by atoms with Gasteiger partial charge in [0, 0.05) is 42.2 Å². The molecule has 1 unspecified atom stereocenters. The molecule has 1 aliphatic heterocycles. The van der Waals surface area contributed by atoms with E-state index in [2.05, 4.69) is 50.5 Å². The molecule has 0 spiro atoms. The van der Waals surface area contributed by atoms with Gasteiger partial charge in [0.05, 0.1) is 26.7 Å². The van der Waals surface area contributed by atoms with Crippen LogP contribution in [-0.2, 0) is 10.2 Å². The summed E-state index contributed by atoms with van der Waals surface area (Å²) in [7, 11) is 2.41. The Morgan fingerprint density at radius 1 is 1.03 bits per heavy atom. The van der Waals surface area contributed by atoms with Gasteiger partial charge in [0.1, 0.15) is 5.75 Å². The quantitative estimate of drug-likeness (QED) is 0.246. The normalized spacial score (nSPS) is 27.1. The Balaban J connectivity index is 1.42. The highest BCUT2D eigenvalue weighted by Gasteiger charge is 2.52. The molecule has 200 valence electrons. The zero-order valence-electron chi connectivity index (χ0n) is 23.2. The average Bonchev–Trinajstić information content (AvgIpc) is 2.88. The molecule has 0 aromatic heterocycles. The first-order valence-corrected chi connectivity index (χ1v) is 14.1. The van der Waals surface area contributed by atoms with Crippen LogP contribution in [0.25, 0.3) is 10.8 Å². The highest BCUT2D eigenvalue weighted by atomic mass is 16.5. The van der Waals surface area contributed by atoms with Crippen LogP contribution in [0.3, 0.4) is 0 Å². The first-order valence-electron chi connectivity index (χ1n) is 14.1. The van der Waals surface area contributed by atoms with Gasteiger partial charge in [0.2, 0.25) is 0 Å². The minimum atomic E-state index is -0.301. The minimum Gasteiger partial charge on any atom is -0.427 e. The molecule has 1 aliphatic carbocycles. The molecule has 1 heterocycles. The molecule has 0 radical (unpaired) electrons. The van der Waals surface area contributed by atoms with E-state index in [0.29, 0.717) is 23.1 Å². The third kappa shape index (κ3) is 5.49. The van der Waals surface area contributed by atoms with Crippen molar-refractivity contribution in [1.29, 1.82) is 0 Å². The number of hydrogen-bond acceptors (Lipinski definition) is 3. The molecule has 2 aliphatic rings. The summed E-state index contributed by atoms with van der Waals surface area (Å²) < 4.78 is 6.59. The van der Waals surface area contributed by atoms with E-state index in [-0.39, 0.29) is 23.3 Å². The second-order valence-corrected chi connectivity index (χ2v) is 12.3. The number of benzene rings is 3. The highest BCUT2D eigenvalue weighted by molar-refractivity contribution is 5.98. The Bertz CT molecular complexity index is 1330. The fourth-order valence-corrected chi connectivity index (χ4v) is 7.36. The van der Waals surface area contributed by atoms with E-state index >= 15 is 0 Å². The van der Waals surface area contributed by atoms with Gasteiger partial charge >= 0.3 is 5.97 Å². The lowest BCUT2D eigenvalue weighted by atomic mass is 9.57. The van der Waals surface area contributed by atoms with E-state index < -0.39 is 0 Å². The summed E-state index contributed by atoms with van der Waals surface area (Å²) >= 11 is 0. The van der Waals surface area contributed by atoms with E-state index in [1.807, 2.05) is 42.5 Å². The molecule has 3 aromatic carbocycles. The maximum Gasteiger partial charge on any atom is 0.308 e. The monoisotopic (exact) mass is 513 g/mol. The number of hydrogen-bond donors (Lipinski definition) is 1. The van der Waals surface area contributed by atoms with Crippen molar-refractivity contribution >= 4 is 22.6 Å². The summed E-state index contributed by atoms with van der Waals surface area (Å²) in [5.74, 6) is 1.47. The molecular formula is C33H41N2O3+.